The molecule has 0 aliphatic carbocycles. The lowest BCUT2D eigenvalue weighted by Crippen LogP contribution is -2.21. The second-order valence-corrected chi connectivity index (χ2v) is 5.55. The molecule has 1 aliphatic rings. The van der Waals surface area contributed by atoms with Gasteiger partial charge in [-0.25, -0.2) is 0 Å². The summed E-state index contributed by atoms with van der Waals surface area (Å²) >= 11 is 1.49. The summed E-state index contributed by atoms with van der Waals surface area (Å²) in [5, 5.41) is 11.1. The van der Waals surface area contributed by atoms with Crippen molar-refractivity contribution in [1.29, 1.82) is 0 Å². The molecule has 0 radical (unpaired) electrons. The Balaban J connectivity index is 1.54. The van der Waals surface area contributed by atoms with E-state index in [1.54, 1.807) is 13.3 Å². The normalized spacial score (nSPS) is 14.0. The molecule has 23 heavy (non-hydrogen) atoms. The number of hydrazone groups is 2. The van der Waals surface area contributed by atoms with Crippen molar-refractivity contribution >= 4 is 28.8 Å². The number of benzene rings is 2. The van der Waals surface area contributed by atoms with Gasteiger partial charge in [0.05, 0.1) is 19.0 Å². The largest absolute Gasteiger partial charge is 0.497 e. The minimum Gasteiger partial charge on any atom is -0.497 e. The van der Waals surface area contributed by atoms with Crippen molar-refractivity contribution in [2.24, 2.45) is 10.2 Å². The topological polar surface area (TPSA) is 58.0 Å². The van der Waals surface area contributed by atoms with Crippen LogP contribution < -0.4 is 15.6 Å². The van der Waals surface area contributed by atoms with Gasteiger partial charge in [0.25, 0.3) is 0 Å². The molecule has 0 amide bonds. The van der Waals surface area contributed by atoms with Gasteiger partial charge in [-0.2, -0.15) is 5.10 Å². The van der Waals surface area contributed by atoms with E-state index in [9.17, 15) is 0 Å². The van der Waals surface area contributed by atoms with E-state index >= 15 is 0 Å². The van der Waals surface area contributed by atoms with Gasteiger partial charge >= 0.3 is 0 Å². The Hall–Kier alpha value is -2.73. The van der Waals surface area contributed by atoms with Gasteiger partial charge < -0.3 is 4.74 Å². The highest BCUT2D eigenvalue weighted by Gasteiger charge is 2.07. The van der Waals surface area contributed by atoms with E-state index in [1.165, 1.54) is 11.8 Å². The third kappa shape index (κ3) is 4.14. The Labute approximate surface area is 139 Å². The third-order valence-corrected chi connectivity index (χ3v) is 3.90. The van der Waals surface area contributed by atoms with Crippen LogP contribution in [0.25, 0.3) is 5.70 Å². The van der Waals surface area contributed by atoms with Gasteiger partial charge in [-0.3, -0.25) is 10.9 Å². The zero-order valence-electron chi connectivity index (χ0n) is 12.6. The lowest BCUT2D eigenvalue weighted by molar-refractivity contribution is 0.415. The molecule has 6 heteroatoms. The van der Waals surface area contributed by atoms with Crippen LogP contribution in [-0.4, -0.2) is 18.5 Å². The molecular formula is C17H16N4OS. The molecule has 0 bridgehead atoms. The van der Waals surface area contributed by atoms with Crippen LogP contribution >= 0.6 is 11.8 Å². The van der Waals surface area contributed by atoms with E-state index in [-0.39, 0.29) is 0 Å². The summed E-state index contributed by atoms with van der Waals surface area (Å²) in [6, 6.07) is 17.7. The summed E-state index contributed by atoms with van der Waals surface area (Å²) in [4.78, 5) is 0. The highest BCUT2D eigenvalue weighted by Crippen LogP contribution is 2.20. The Morgan fingerprint density at radius 2 is 1.91 bits per heavy atom. The molecule has 3 rings (SSSR count). The molecule has 0 fully saturated rings. The predicted molar refractivity (Wildman–Crippen MR) is 96.3 cm³/mol. The van der Waals surface area contributed by atoms with E-state index in [4.69, 9.17) is 4.74 Å². The van der Waals surface area contributed by atoms with Crippen LogP contribution in [0.15, 0.2) is 70.2 Å². The van der Waals surface area contributed by atoms with Crippen molar-refractivity contribution in [1.82, 2.24) is 10.9 Å². The first-order valence-electron chi connectivity index (χ1n) is 7.04. The number of nitrogens with one attached hydrogen (secondary N) is 2. The van der Waals surface area contributed by atoms with Crippen LogP contribution in [0.3, 0.4) is 0 Å². The van der Waals surface area contributed by atoms with Gasteiger partial charge in [0.15, 0.2) is 0 Å². The summed E-state index contributed by atoms with van der Waals surface area (Å²) in [6.45, 7) is 0. The second kappa shape index (κ2) is 7.51. The summed E-state index contributed by atoms with van der Waals surface area (Å²) in [5.41, 5.74) is 8.99. The molecule has 0 unspecified atom stereocenters. The van der Waals surface area contributed by atoms with Gasteiger partial charge in [-0.05, 0) is 29.8 Å². The molecule has 5 nitrogen and oxygen atoms in total. The average molecular weight is 324 g/mol. The quantitative estimate of drug-likeness (QED) is 0.670. The van der Waals surface area contributed by atoms with E-state index < -0.39 is 0 Å². The van der Waals surface area contributed by atoms with E-state index in [1.807, 2.05) is 60.0 Å². The van der Waals surface area contributed by atoms with Gasteiger partial charge in [-0.1, -0.05) is 42.1 Å². The minimum absolute atomic E-state index is 0.689. The van der Waals surface area contributed by atoms with Gasteiger partial charge in [0.2, 0.25) is 5.17 Å². The fraction of sp³-hybridized carbons (Fsp3) is 0.0588. The standard InChI is InChI=1S/C17H16N4OS/c1-22-15-9-7-13(8-10-15)11-18-20-17-21-19-16(12-23-17)14-5-3-2-4-6-14/h2-12,19H,1H3,(H,20,21). The van der Waals surface area contributed by atoms with E-state index in [0.29, 0.717) is 5.17 Å². The zero-order valence-corrected chi connectivity index (χ0v) is 13.4. The molecule has 2 N–H and O–H groups in total. The molecule has 1 heterocycles. The number of hydrogen-bond acceptors (Lipinski definition) is 6. The van der Waals surface area contributed by atoms with Crippen LogP contribution in [0.2, 0.25) is 0 Å². The maximum Gasteiger partial charge on any atom is 0.205 e. The number of amidine groups is 1. The highest BCUT2D eigenvalue weighted by molar-refractivity contribution is 8.16. The Morgan fingerprint density at radius 3 is 2.57 bits per heavy atom. The maximum atomic E-state index is 5.12. The van der Waals surface area contributed by atoms with Crippen molar-refractivity contribution in [3.05, 3.63) is 71.1 Å². The molecule has 0 saturated heterocycles. The van der Waals surface area contributed by atoms with Crippen LogP contribution in [0.1, 0.15) is 11.1 Å². The lowest BCUT2D eigenvalue weighted by Gasteiger charge is -2.13. The van der Waals surface area contributed by atoms with Crippen molar-refractivity contribution in [2.75, 3.05) is 7.11 Å². The molecule has 2 aromatic carbocycles. The lowest BCUT2D eigenvalue weighted by atomic mass is 10.2. The molecule has 116 valence electrons. The second-order valence-electron chi connectivity index (χ2n) is 4.69. The third-order valence-electron chi connectivity index (χ3n) is 3.14. The summed E-state index contributed by atoms with van der Waals surface area (Å²) in [7, 11) is 1.65. The molecule has 2 aromatic rings. The highest BCUT2D eigenvalue weighted by atomic mass is 32.2. The summed E-state index contributed by atoms with van der Waals surface area (Å²) in [5.74, 6) is 0.824. The molecule has 1 aliphatic heterocycles. The SMILES string of the molecule is COc1ccc(C=NNC2=NNC(c3ccccc3)=CS2)cc1. The van der Waals surface area contributed by atoms with Gasteiger partial charge in [0.1, 0.15) is 5.75 Å². The van der Waals surface area contributed by atoms with Crippen molar-refractivity contribution < 1.29 is 4.74 Å². The fourth-order valence-electron chi connectivity index (χ4n) is 1.93. The minimum atomic E-state index is 0.689. The van der Waals surface area contributed by atoms with E-state index in [2.05, 4.69) is 21.1 Å². The van der Waals surface area contributed by atoms with Crippen molar-refractivity contribution in [2.45, 2.75) is 0 Å². The van der Waals surface area contributed by atoms with Crippen LogP contribution in [0.4, 0.5) is 0 Å². The first-order chi connectivity index (χ1) is 11.3. The van der Waals surface area contributed by atoms with Crippen molar-refractivity contribution in [3.63, 3.8) is 0 Å². The number of ether oxygens (including phenoxy) is 1. The smallest absolute Gasteiger partial charge is 0.205 e. The molecule has 0 spiro atoms. The number of thioether (sulfide) groups is 1. The zero-order chi connectivity index (χ0) is 15.9. The number of hydrogen-bond donors (Lipinski definition) is 2. The average Bonchev–Trinajstić information content (AvgIpc) is 2.64. The number of nitrogens with zero attached hydrogens (tertiary/aromatic N) is 2. The Kier molecular flexibility index (Phi) is 4.95. The van der Waals surface area contributed by atoms with Crippen LogP contribution in [0, 0.1) is 0 Å². The summed E-state index contributed by atoms with van der Waals surface area (Å²) in [6.07, 6.45) is 1.74. The Bertz CT molecular complexity index is 739. The molecule has 0 atom stereocenters. The number of rotatable bonds is 4. The molecular weight excluding hydrogens is 308 g/mol. The Morgan fingerprint density at radius 1 is 1.13 bits per heavy atom. The van der Waals surface area contributed by atoms with Crippen LogP contribution in [-0.2, 0) is 0 Å². The predicted octanol–water partition coefficient (Wildman–Crippen LogP) is 3.22. The summed E-state index contributed by atoms with van der Waals surface area (Å²) < 4.78 is 5.12. The number of methoxy groups -OCH3 is 1. The van der Waals surface area contributed by atoms with E-state index in [0.717, 1.165) is 22.6 Å². The van der Waals surface area contributed by atoms with Crippen molar-refractivity contribution in [3.8, 4) is 5.75 Å². The first-order valence-corrected chi connectivity index (χ1v) is 7.92. The first kappa shape index (κ1) is 15.2. The van der Waals surface area contributed by atoms with Gasteiger partial charge in [-0.15, -0.1) is 5.10 Å². The van der Waals surface area contributed by atoms with Crippen LogP contribution in [0.5, 0.6) is 5.75 Å². The molecule has 0 saturated carbocycles. The maximum absolute atomic E-state index is 5.12. The molecule has 0 aromatic heterocycles. The monoisotopic (exact) mass is 324 g/mol. The fourth-order valence-corrected chi connectivity index (χ4v) is 2.55. The van der Waals surface area contributed by atoms with Gasteiger partial charge in [0, 0.05) is 11.0 Å².